The van der Waals surface area contributed by atoms with Crippen LogP contribution in [0.1, 0.15) is 149 Å². The van der Waals surface area contributed by atoms with Crippen molar-refractivity contribution >= 4 is 11.9 Å². The fourth-order valence-corrected chi connectivity index (χ4v) is 4.70. The van der Waals surface area contributed by atoms with Gasteiger partial charge in [-0.15, -0.1) is 0 Å². The highest BCUT2D eigenvalue weighted by Crippen LogP contribution is 2.15. The van der Waals surface area contributed by atoms with Crippen molar-refractivity contribution in [2.24, 2.45) is 5.92 Å². The van der Waals surface area contributed by atoms with Crippen molar-refractivity contribution in [2.45, 2.75) is 161 Å². The summed E-state index contributed by atoms with van der Waals surface area (Å²) in [6.07, 6.45) is 39.0. The van der Waals surface area contributed by atoms with Crippen molar-refractivity contribution < 1.29 is 29.3 Å². The number of hydrogen-bond donors (Lipinski definition) is 2. The molecule has 0 aromatic rings. The van der Waals surface area contributed by atoms with Gasteiger partial charge in [0.15, 0.2) is 0 Å². The molecule has 0 aliphatic carbocycles. The fraction of sp³-hybridized carbons (Fsp3) is 0.700. The van der Waals surface area contributed by atoms with E-state index in [9.17, 15) is 19.8 Å². The maximum absolute atomic E-state index is 11.9. The minimum Gasteiger partial charge on any atom is -0.463 e. The molecule has 0 aliphatic rings. The summed E-state index contributed by atoms with van der Waals surface area (Å²) in [7, 11) is 0. The molecule has 0 heterocycles. The Morgan fingerprint density at radius 1 is 0.630 bits per heavy atom. The first-order valence-corrected chi connectivity index (χ1v) is 18.3. The van der Waals surface area contributed by atoms with Gasteiger partial charge in [0.1, 0.15) is 19.3 Å². The molecule has 0 aliphatic heterocycles. The lowest BCUT2D eigenvalue weighted by Crippen LogP contribution is -2.25. The Kier molecular flexibility index (Phi) is 32.1. The van der Waals surface area contributed by atoms with Crippen molar-refractivity contribution in [2.75, 3.05) is 13.2 Å². The fourth-order valence-electron chi connectivity index (χ4n) is 4.70. The molecule has 3 atom stereocenters. The molecule has 0 aromatic heterocycles. The van der Waals surface area contributed by atoms with Crippen molar-refractivity contribution in [3.8, 4) is 0 Å². The van der Waals surface area contributed by atoms with E-state index in [2.05, 4.69) is 44.2 Å². The lowest BCUT2D eigenvalue weighted by molar-refractivity contribution is -0.152. The molecule has 0 radical (unpaired) electrons. The topological polar surface area (TPSA) is 93.1 Å². The summed E-state index contributed by atoms with van der Waals surface area (Å²) in [6, 6.07) is 0. The second kappa shape index (κ2) is 33.9. The number of hydrogen-bond acceptors (Lipinski definition) is 6. The second-order valence-corrected chi connectivity index (χ2v) is 12.4. The molecule has 46 heavy (non-hydrogen) atoms. The molecule has 2 N–H and O–H groups in total. The van der Waals surface area contributed by atoms with Gasteiger partial charge in [-0.3, -0.25) is 9.59 Å². The average Bonchev–Trinajstić information content (AvgIpc) is 3.05. The van der Waals surface area contributed by atoms with Crippen LogP contribution in [0, 0.1) is 5.92 Å². The summed E-state index contributed by atoms with van der Waals surface area (Å²) in [4.78, 5) is 23.9. The number of carbonyl (C=O) groups excluding carboxylic acids is 2. The van der Waals surface area contributed by atoms with Crippen LogP contribution in [0.4, 0.5) is 0 Å². The third kappa shape index (κ3) is 32.9. The highest BCUT2D eigenvalue weighted by Gasteiger charge is 2.12. The molecular weight excluding hydrogens is 576 g/mol. The van der Waals surface area contributed by atoms with E-state index in [1.54, 1.807) is 0 Å². The molecule has 0 rings (SSSR count). The van der Waals surface area contributed by atoms with E-state index in [1.807, 2.05) is 37.3 Å². The Labute approximate surface area is 282 Å². The van der Waals surface area contributed by atoms with Crippen molar-refractivity contribution in [3.05, 3.63) is 60.8 Å². The van der Waals surface area contributed by atoms with Crippen molar-refractivity contribution in [1.82, 2.24) is 0 Å². The van der Waals surface area contributed by atoms with Crippen LogP contribution in [0.2, 0.25) is 0 Å². The molecule has 2 unspecified atom stereocenters. The van der Waals surface area contributed by atoms with E-state index in [0.29, 0.717) is 19.3 Å². The van der Waals surface area contributed by atoms with E-state index in [1.165, 1.54) is 57.8 Å². The zero-order valence-electron chi connectivity index (χ0n) is 29.6. The van der Waals surface area contributed by atoms with Crippen LogP contribution in [-0.2, 0) is 19.1 Å². The van der Waals surface area contributed by atoms with Gasteiger partial charge in [-0.2, -0.15) is 0 Å². The highest BCUT2D eigenvalue weighted by molar-refractivity contribution is 5.69. The van der Waals surface area contributed by atoms with E-state index in [4.69, 9.17) is 9.47 Å². The van der Waals surface area contributed by atoms with Crippen molar-refractivity contribution in [1.29, 1.82) is 0 Å². The number of rotatable bonds is 31. The van der Waals surface area contributed by atoms with Gasteiger partial charge >= 0.3 is 11.9 Å². The predicted molar refractivity (Wildman–Crippen MR) is 192 cm³/mol. The molecule has 0 saturated heterocycles. The molecule has 0 aromatic carbocycles. The van der Waals surface area contributed by atoms with Gasteiger partial charge in [0.25, 0.3) is 0 Å². The molecule has 0 spiro atoms. The van der Waals surface area contributed by atoms with Crippen LogP contribution >= 0.6 is 0 Å². The number of esters is 2. The van der Waals surface area contributed by atoms with Gasteiger partial charge in [0.2, 0.25) is 0 Å². The summed E-state index contributed by atoms with van der Waals surface area (Å²) >= 11 is 0. The van der Waals surface area contributed by atoms with Gasteiger partial charge in [0, 0.05) is 12.8 Å². The summed E-state index contributed by atoms with van der Waals surface area (Å²) in [5.41, 5.74) is 0. The molecule has 6 heteroatoms. The standard InChI is InChI=1S/C40H68O6/c1-4-6-30-37(41)31-26-22-18-14-9-7-8-10-15-19-23-27-32-39(43)45-34-38(42)35-46-40(44)33-28-24-20-16-12-11-13-17-21-25-29-36(3)5-2/h6-8,14-15,18-19,22,26,30,36-38,41-42H,4-5,9-13,16-17,20-21,23-25,27-29,31-35H2,1-3H3/b8-7-,18-14-,19-15-,26-22+,30-6-/t36?,37?,38-/m1/s1. The minimum absolute atomic E-state index is 0.146. The normalized spacial score (nSPS) is 14.3. The monoisotopic (exact) mass is 645 g/mol. The summed E-state index contributed by atoms with van der Waals surface area (Å²) in [6.45, 7) is 6.36. The number of aliphatic hydroxyl groups is 2. The van der Waals surface area contributed by atoms with Crippen LogP contribution in [0.15, 0.2) is 60.8 Å². The van der Waals surface area contributed by atoms with Gasteiger partial charge in [-0.05, 0) is 50.9 Å². The number of unbranched alkanes of at least 4 members (excludes halogenated alkanes) is 10. The lowest BCUT2D eigenvalue weighted by atomic mass is 9.99. The summed E-state index contributed by atoms with van der Waals surface area (Å²) in [5, 5.41) is 19.7. The predicted octanol–water partition coefficient (Wildman–Crippen LogP) is 10.1. The number of aliphatic hydroxyl groups excluding tert-OH is 2. The van der Waals surface area contributed by atoms with E-state index in [-0.39, 0.29) is 31.6 Å². The van der Waals surface area contributed by atoms with Crippen LogP contribution in [0.25, 0.3) is 0 Å². The molecule has 0 fully saturated rings. The Bertz CT molecular complexity index is 856. The first-order valence-electron chi connectivity index (χ1n) is 18.3. The van der Waals surface area contributed by atoms with Gasteiger partial charge in [-0.1, -0.05) is 152 Å². The second-order valence-electron chi connectivity index (χ2n) is 12.4. The highest BCUT2D eigenvalue weighted by atomic mass is 16.6. The molecule has 6 nitrogen and oxygen atoms in total. The quantitative estimate of drug-likeness (QED) is 0.0338. The molecule has 264 valence electrons. The molecule has 0 saturated carbocycles. The van der Waals surface area contributed by atoms with Crippen LogP contribution < -0.4 is 0 Å². The van der Waals surface area contributed by atoms with Crippen molar-refractivity contribution in [3.63, 3.8) is 0 Å². The number of carbonyl (C=O) groups is 2. The largest absolute Gasteiger partial charge is 0.463 e. The third-order valence-corrected chi connectivity index (χ3v) is 7.88. The van der Waals surface area contributed by atoms with Crippen LogP contribution in [0.3, 0.4) is 0 Å². The SMILES string of the molecule is CC/C=C\C(O)C/C=C/C=C\C/C=C\C/C=C\CCCC(=O)OC[C@@H](O)COC(=O)CCCCCCCCCCCCC(C)CC. The van der Waals surface area contributed by atoms with Crippen LogP contribution in [-0.4, -0.2) is 47.6 Å². The third-order valence-electron chi connectivity index (χ3n) is 7.88. The first-order chi connectivity index (χ1) is 22.4. The zero-order valence-corrected chi connectivity index (χ0v) is 29.6. The van der Waals surface area contributed by atoms with Gasteiger partial charge in [-0.25, -0.2) is 0 Å². The number of ether oxygens (including phenoxy) is 2. The summed E-state index contributed by atoms with van der Waals surface area (Å²) < 4.78 is 10.3. The smallest absolute Gasteiger partial charge is 0.305 e. The Hall–Kier alpha value is -2.44. The average molecular weight is 645 g/mol. The maximum atomic E-state index is 11.9. The summed E-state index contributed by atoms with van der Waals surface area (Å²) in [5.74, 6) is 0.212. The van der Waals surface area contributed by atoms with E-state index in [0.717, 1.165) is 50.9 Å². The van der Waals surface area contributed by atoms with E-state index < -0.39 is 12.2 Å². The van der Waals surface area contributed by atoms with Gasteiger partial charge < -0.3 is 19.7 Å². The molecule has 0 bridgehead atoms. The maximum Gasteiger partial charge on any atom is 0.305 e. The van der Waals surface area contributed by atoms with E-state index >= 15 is 0 Å². The lowest BCUT2D eigenvalue weighted by Gasteiger charge is -2.12. The Morgan fingerprint density at radius 2 is 1.15 bits per heavy atom. The Balaban J connectivity index is 3.61. The number of allylic oxidation sites excluding steroid dienone is 8. The zero-order chi connectivity index (χ0) is 33.9. The van der Waals surface area contributed by atoms with Crippen LogP contribution in [0.5, 0.6) is 0 Å². The molecule has 0 amide bonds. The molecular formula is C40H68O6. The Morgan fingerprint density at radius 3 is 1.76 bits per heavy atom. The first kappa shape index (κ1) is 43.6. The van der Waals surface area contributed by atoms with Gasteiger partial charge in [0.05, 0.1) is 6.10 Å². The minimum atomic E-state index is -0.999.